The SMILES string of the molecule is COc1ccc(CCNC(=O)CCCOc2ccc3oc(=O)cc(C)c3c2)cc1OC. The minimum atomic E-state index is -0.365. The van der Waals surface area contributed by atoms with Crippen molar-refractivity contribution in [3.63, 3.8) is 0 Å². The molecule has 1 aromatic heterocycles. The molecule has 3 rings (SSSR count). The van der Waals surface area contributed by atoms with E-state index in [4.69, 9.17) is 18.6 Å². The van der Waals surface area contributed by atoms with Gasteiger partial charge in [0.1, 0.15) is 11.3 Å². The van der Waals surface area contributed by atoms with E-state index < -0.39 is 0 Å². The van der Waals surface area contributed by atoms with Crippen LogP contribution in [0.25, 0.3) is 11.0 Å². The normalized spacial score (nSPS) is 10.7. The summed E-state index contributed by atoms with van der Waals surface area (Å²) in [5.41, 5.74) is 2.07. The van der Waals surface area contributed by atoms with Crippen LogP contribution in [0, 0.1) is 6.92 Å². The van der Waals surface area contributed by atoms with E-state index >= 15 is 0 Å². The second kappa shape index (κ2) is 10.5. The van der Waals surface area contributed by atoms with Crippen LogP contribution < -0.4 is 25.2 Å². The summed E-state index contributed by atoms with van der Waals surface area (Å²) in [7, 11) is 3.20. The topological polar surface area (TPSA) is 87.0 Å². The van der Waals surface area contributed by atoms with Gasteiger partial charge in [-0.05, 0) is 61.2 Å². The largest absolute Gasteiger partial charge is 0.494 e. The van der Waals surface area contributed by atoms with Crippen LogP contribution in [0.1, 0.15) is 24.0 Å². The number of nitrogens with one attached hydrogen (secondary N) is 1. The smallest absolute Gasteiger partial charge is 0.336 e. The van der Waals surface area contributed by atoms with Gasteiger partial charge in [0, 0.05) is 24.4 Å². The third-order valence-corrected chi connectivity index (χ3v) is 4.92. The Balaban J connectivity index is 1.40. The Morgan fingerprint density at radius 2 is 1.84 bits per heavy atom. The molecule has 0 aliphatic heterocycles. The Morgan fingerprint density at radius 3 is 2.61 bits per heavy atom. The number of carbonyl (C=O) groups is 1. The number of fused-ring (bicyclic) bond motifs is 1. The van der Waals surface area contributed by atoms with E-state index in [1.165, 1.54) is 6.07 Å². The highest BCUT2D eigenvalue weighted by Gasteiger charge is 2.07. The molecule has 7 nitrogen and oxygen atoms in total. The van der Waals surface area contributed by atoms with E-state index in [2.05, 4.69) is 5.32 Å². The fourth-order valence-corrected chi connectivity index (χ4v) is 3.28. The van der Waals surface area contributed by atoms with Gasteiger partial charge in [0.25, 0.3) is 0 Å². The Kier molecular flexibility index (Phi) is 7.54. The number of carbonyl (C=O) groups excluding carboxylic acids is 1. The number of hydrogen-bond donors (Lipinski definition) is 1. The lowest BCUT2D eigenvalue weighted by Gasteiger charge is -2.10. The van der Waals surface area contributed by atoms with E-state index in [-0.39, 0.29) is 11.5 Å². The van der Waals surface area contributed by atoms with Gasteiger partial charge in [-0.3, -0.25) is 4.79 Å². The number of hydrogen-bond acceptors (Lipinski definition) is 6. The number of rotatable bonds is 10. The molecule has 1 amide bonds. The summed E-state index contributed by atoms with van der Waals surface area (Å²) in [6.07, 6.45) is 1.69. The van der Waals surface area contributed by atoms with E-state index in [1.807, 2.05) is 31.2 Å². The zero-order valence-electron chi connectivity index (χ0n) is 18.0. The number of benzene rings is 2. The molecule has 3 aromatic rings. The molecule has 0 spiro atoms. The maximum Gasteiger partial charge on any atom is 0.336 e. The van der Waals surface area contributed by atoms with Gasteiger partial charge in [-0.25, -0.2) is 4.79 Å². The van der Waals surface area contributed by atoms with Crippen molar-refractivity contribution in [1.82, 2.24) is 5.32 Å². The average Bonchev–Trinajstić information content (AvgIpc) is 2.76. The highest BCUT2D eigenvalue weighted by atomic mass is 16.5. The van der Waals surface area contributed by atoms with Gasteiger partial charge >= 0.3 is 5.63 Å². The van der Waals surface area contributed by atoms with Crippen LogP contribution in [0.3, 0.4) is 0 Å². The Morgan fingerprint density at radius 1 is 1.03 bits per heavy atom. The molecule has 31 heavy (non-hydrogen) atoms. The van der Waals surface area contributed by atoms with Crippen LogP contribution >= 0.6 is 0 Å². The molecule has 1 heterocycles. The van der Waals surface area contributed by atoms with Gasteiger partial charge in [0.15, 0.2) is 11.5 Å². The summed E-state index contributed by atoms with van der Waals surface area (Å²) in [4.78, 5) is 23.5. The first-order chi connectivity index (χ1) is 15.0. The maximum absolute atomic E-state index is 12.1. The molecule has 164 valence electrons. The molecule has 2 aromatic carbocycles. The summed E-state index contributed by atoms with van der Waals surface area (Å²) in [5, 5.41) is 3.76. The molecule has 0 atom stereocenters. The summed E-state index contributed by atoms with van der Waals surface area (Å²) in [6.45, 7) is 2.82. The third kappa shape index (κ3) is 6.01. The standard InChI is InChI=1S/C24H27NO6/c1-16-13-24(27)31-20-9-7-18(15-19(16)20)30-12-4-5-23(26)25-11-10-17-6-8-21(28-2)22(14-17)29-3/h6-9,13-15H,4-5,10-12H2,1-3H3,(H,25,26). The van der Waals surface area contributed by atoms with Gasteiger partial charge in [-0.15, -0.1) is 0 Å². The van der Waals surface area contributed by atoms with Gasteiger partial charge in [0.05, 0.1) is 20.8 Å². The number of amides is 1. The summed E-state index contributed by atoms with van der Waals surface area (Å²) >= 11 is 0. The summed E-state index contributed by atoms with van der Waals surface area (Å²) < 4.78 is 21.4. The van der Waals surface area contributed by atoms with Gasteiger partial charge in [0.2, 0.25) is 5.91 Å². The molecular formula is C24H27NO6. The van der Waals surface area contributed by atoms with Crippen LogP contribution in [0.5, 0.6) is 17.2 Å². The predicted octanol–water partition coefficient (Wildman–Crippen LogP) is 3.64. The first kappa shape index (κ1) is 22.2. The molecule has 0 unspecified atom stereocenters. The van der Waals surface area contributed by atoms with Crippen molar-refractivity contribution in [1.29, 1.82) is 0 Å². The highest BCUT2D eigenvalue weighted by molar-refractivity contribution is 5.81. The van der Waals surface area contributed by atoms with Gasteiger partial charge < -0.3 is 23.9 Å². The van der Waals surface area contributed by atoms with Crippen molar-refractivity contribution in [2.45, 2.75) is 26.2 Å². The molecule has 0 saturated heterocycles. The van der Waals surface area contributed by atoms with Crippen molar-refractivity contribution < 1.29 is 23.4 Å². The van der Waals surface area contributed by atoms with Crippen LogP contribution in [-0.2, 0) is 11.2 Å². The molecule has 7 heteroatoms. The van der Waals surface area contributed by atoms with Crippen LogP contribution in [0.2, 0.25) is 0 Å². The minimum absolute atomic E-state index is 0.0137. The fraction of sp³-hybridized carbons (Fsp3) is 0.333. The molecule has 0 aliphatic rings. The Bertz CT molecular complexity index is 1100. The quantitative estimate of drug-likeness (QED) is 0.394. The number of ether oxygens (including phenoxy) is 3. The maximum atomic E-state index is 12.1. The molecule has 0 saturated carbocycles. The molecule has 0 fully saturated rings. The molecule has 1 N–H and O–H groups in total. The number of methoxy groups -OCH3 is 2. The van der Waals surface area contributed by atoms with E-state index in [1.54, 1.807) is 26.4 Å². The zero-order valence-corrected chi connectivity index (χ0v) is 18.0. The van der Waals surface area contributed by atoms with Crippen LogP contribution in [0.4, 0.5) is 0 Å². The first-order valence-corrected chi connectivity index (χ1v) is 10.1. The molecule has 0 bridgehead atoms. The fourth-order valence-electron chi connectivity index (χ4n) is 3.28. The van der Waals surface area contributed by atoms with E-state index in [0.717, 1.165) is 16.5 Å². The second-order valence-corrected chi connectivity index (χ2v) is 7.15. The highest BCUT2D eigenvalue weighted by Crippen LogP contribution is 2.27. The zero-order chi connectivity index (χ0) is 22.2. The molecule has 0 aliphatic carbocycles. The molecular weight excluding hydrogens is 398 g/mol. The van der Waals surface area contributed by atoms with Crippen molar-refractivity contribution >= 4 is 16.9 Å². The average molecular weight is 425 g/mol. The summed E-state index contributed by atoms with van der Waals surface area (Å²) in [6, 6.07) is 12.5. The van der Waals surface area contributed by atoms with Crippen LogP contribution in [0.15, 0.2) is 51.7 Å². The first-order valence-electron chi connectivity index (χ1n) is 10.1. The van der Waals surface area contributed by atoms with Crippen molar-refractivity contribution in [3.8, 4) is 17.2 Å². The predicted molar refractivity (Wildman–Crippen MR) is 118 cm³/mol. The minimum Gasteiger partial charge on any atom is -0.494 e. The van der Waals surface area contributed by atoms with Gasteiger partial charge in [-0.2, -0.15) is 0 Å². The third-order valence-electron chi connectivity index (χ3n) is 4.92. The second-order valence-electron chi connectivity index (χ2n) is 7.15. The Labute approximate surface area is 180 Å². The van der Waals surface area contributed by atoms with Crippen molar-refractivity contribution in [2.24, 2.45) is 0 Å². The summed E-state index contributed by atoms with van der Waals surface area (Å²) in [5.74, 6) is 2.02. The van der Waals surface area contributed by atoms with E-state index in [0.29, 0.717) is 55.2 Å². The van der Waals surface area contributed by atoms with Gasteiger partial charge in [-0.1, -0.05) is 6.07 Å². The van der Waals surface area contributed by atoms with E-state index in [9.17, 15) is 9.59 Å². The number of aryl methyl sites for hydroxylation is 1. The lowest BCUT2D eigenvalue weighted by atomic mass is 10.1. The van der Waals surface area contributed by atoms with Crippen LogP contribution in [-0.4, -0.2) is 33.3 Å². The monoisotopic (exact) mass is 425 g/mol. The van der Waals surface area contributed by atoms with Crippen molar-refractivity contribution in [3.05, 3.63) is 64.0 Å². The lowest BCUT2D eigenvalue weighted by Crippen LogP contribution is -2.25. The van der Waals surface area contributed by atoms with Crippen molar-refractivity contribution in [2.75, 3.05) is 27.4 Å². The lowest BCUT2D eigenvalue weighted by molar-refractivity contribution is -0.121. The molecule has 0 radical (unpaired) electrons. The Hall–Kier alpha value is -3.48.